The van der Waals surface area contributed by atoms with E-state index in [0.717, 1.165) is 35.5 Å². The third-order valence-corrected chi connectivity index (χ3v) is 5.26. The summed E-state index contributed by atoms with van der Waals surface area (Å²) < 4.78 is 1.89. The monoisotopic (exact) mass is 338 g/mol. The van der Waals surface area contributed by atoms with Gasteiger partial charge in [0.15, 0.2) is 0 Å². The van der Waals surface area contributed by atoms with E-state index >= 15 is 0 Å². The predicted octanol–water partition coefficient (Wildman–Crippen LogP) is 2.96. The van der Waals surface area contributed by atoms with E-state index in [1.165, 1.54) is 22.6 Å². The third-order valence-electron chi connectivity index (χ3n) is 4.37. The fraction of sp³-hybridized carbons (Fsp3) is 0.278. The standard InChI is InChI=1S/C18H18N4OS/c1-22-16(13-8-5-9-14(13)21-22)10-19-17(23)15-11-24-18(20-15)12-6-3-2-4-7-12/h2-4,6-7,11H,5,8-10H2,1H3,(H,19,23). The average Bonchev–Trinajstić information content (AvgIpc) is 3.30. The highest BCUT2D eigenvalue weighted by atomic mass is 32.1. The Balaban J connectivity index is 1.47. The topological polar surface area (TPSA) is 59.8 Å². The first-order valence-corrected chi connectivity index (χ1v) is 8.93. The lowest BCUT2D eigenvalue weighted by molar-refractivity contribution is 0.0945. The minimum absolute atomic E-state index is 0.138. The molecular formula is C18H18N4OS. The Morgan fingerprint density at radius 2 is 2.12 bits per heavy atom. The molecule has 1 aromatic carbocycles. The molecule has 4 rings (SSSR count). The first-order valence-electron chi connectivity index (χ1n) is 8.05. The van der Waals surface area contributed by atoms with E-state index in [1.54, 1.807) is 0 Å². The number of aromatic nitrogens is 3. The number of benzene rings is 1. The van der Waals surface area contributed by atoms with Crippen LogP contribution in [0.3, 0.4) is 0 Å². The molecule has 122 valence electrons. The highest BCUT2D eigenvalue weighted by Gasteiger charge is 2.21. The van der Waals surface area contributed by atoms with Gasteiger partial charge in [-0.3, -0.25) is 9.48 Å². The Morgan fingerprint density at radius 3 is 2.96 bits per heavy atom. The van der Waals surface area contributed by atoms with E-state index in [0.29, 0.717) is 12.2 Å². The molecule has 0 bridgehead atoms. The van der Waals surface area contributed by atoms with Crippen LogP contribution in [0.1, 0.15) is 33.9 Å². The zero-order valence-corrected chi connectivity index (χ0v) is 14.3. The van der Waals surface area contributed by atoms with Crippen LogP contribution in [0.5, 0.6) is 0 Å². The second-order valence-electron chi connectivity index (χ2n) is 5.94. The van der Waals surface area contributed by atoms with Crippen molar-refractivity contribution >= 4 is 17.2 Å². The van der Waals surface area contributed by atoms with Crippen LogP contribution in [0.25, 0.3) is 10.6 Å². The van der Waals surface area contributed by atoms with E-state index < -0.39 is 0 Å². The van der Waals surface area contributed by atoms with Gasteiger partial charge in [0, 0.05) is 18.0 Å². The molecule has 0 unspecified atom stereocenters. The van der Waals surface area contributed by atoms with Gasteiger partial charge in [-0.25, -0.2) is 4.98 Å². The Kier molecular flexibility index (Phi) is 3.90. The van der Waals surface area contributed by atoms with Gasteiger partial charge in [0.25, 0.3) is 5.91 Å². The van der Waals surface area contributed by atoms with Gasteiger partial charge in [0.1, 0.15) is 10.7 Å². The first kappa shape index (κ1) is 15.1. The van der Waals surface area contributed by atoms with Crippen molar-refractivity contribution in [2.24, 2.45) is 7.05 Å². The van der Waals surface area contributed by atoms with Crippen molar-refractivity contribution in [3.05, 3.63) is 58.4 Å². The summed E-state index contributed by atoms with van der Waals surface area (Å²) in [5.41, 5.74) is 5.10. The zero-order valence-electron chi connectivity index (χ0n) is 13.5. The lowest BCUT2D eigenvalue weighted by Crippen LogP contribution is -2.25. The van der Waals surface area contributed by atoms with E-state index in [1.807, 2.05) is 47.4 Å². The Hall–Kier alpha value is -2.47. The molecular weight excluding hydrogens is 320 g/mol. The van der Waals surface area contributed by atoms with Gasteiger partial charge < -0.3 is 5.32 Å². The molecule has 2 heterocycles. The third kappa shape index (κ3) is 2.73. The van der Waals surface area contributed by atoms with Gasteiger partial charge in [-0.1, -0.05) is 30.3 Å². The maximum Gasteiger partial charge on any atom is 0.271 e. The number of aryl methyl sites for hydroxylation is 2. The maximum absolute atomic E-state index is 12.4. The van der Waals surface area contributed by atoms with Crippen molar-refractivity contribution in [1.82, 2.24) is 20.1 Å². The number of nitrogens with one attached hydrogen (secondary N) is 1. The number of carbonyl (C=O) groups excluding carboxylic acids is 1. The number of nitrogens with zero attached hydrogens (tertiary/aromatic N) is 3. The van der Waals surface area contributed by atoms with Crippen LogP contribution < -0.4 is 5.32 Å². The largest absolute Gasteiger partial charge is 0.345 e. The number of rotatable bonds is 4. The van der Waals surface area contributed by atoms with E-state index in [-0.39, 0.29) is 5.91 Å². The SMILES string of the molecule is Cn1nc2c(c1CNC(=O)c1csc(-c3ccccc3)n1)CCC2. The van der Waals surface area contributed by atoms with Crippen molar-refractivity contribution in [3.8, 4) is 10.6 Å². The van der Waals surface area contributed by atoms with Gasteiger partial charge in [0.05, 0.1) is 17.9 Å². The van der Waals surface area contributed by atoms with E-state index in [4.69, 9.17) is 0 Å². The lowest BCUT2D eigenvalue weighted by Gasteiger charge is -2.06. The number of amides is 1. The zero-order chi connectivity index (χ0) is 16.5. The van der Waals surface area contributed by atoms with Crippen molar-refractivity contribution in [2.45, 2.75) is 25.8 Å². The highest BCUT2D eigenvalue weighted by Crippen LogP contribution is 2.25. The highest BCUT2D eigenvalue weighted by molar-refractivity contribution is 7.13. The molecule has 0 spiro atoms. The molecule has 3 aromatic rings. The Bertz CT molecular complexity index is 882. The summed E-state index contributed by atoms with van der Waals surface area (Å²) in [6, 6.07) is 9.91. The molecule has 24 heavy (non-hydrogen) atoms. The van der Waals surface area contributed by atoms with Gasteiger partial charge in [0.2, 0.25) is 0 Å². The van der Waals surface area contributed by atoms with Crippen LogP contribution in [0.15, 0.2) is 35.7 Å². The molecule has 5 nitrogen and oxygen atoms in total. The number of carbonyl (C=O) groups is 1. The van der Waals surface area contributed by atoms with Gasteiger partial charge in [-0.2, -0.15) is 5.10 Å². The van der Waals surface area contributed by atoms with Crippen LogP contribution in [0.4, 0.5) is 0 Å². The molecule has 0 saturated heterocycles. The molecule has 1 aliphatic rings. The molecule has 0 fully saturated rings. The molecule has 0 radical (unpaired) electrons. The molecule has 6 heteroatoms. The molecule has 1 N–H and O–H groups in total. The Labute approximate surface area is 144 Å². The number of hydrogen-bond acceptors (Lipinski definition) is 4. The molecule has 1 amide bonds. The van der Waals surface area contributed by atoms with E-state index in [2.05, 4.69) is 15.4 Å². The fourth-order valence-corrected chi connectivity index (χ4v) is 3.96. The molecule has 0 atom stereocenters. The summed E-state index contributed by atoms with van der Waals surface area (Å²) >= 11 is 1.49. The van der Waals surface area contributed by atoms with Crippen molar-refractivity contribution < 1.29 is 4.79 Å². The summed E-state index contributed by atoms with van der Waals surface area (Å²) in [5, 5.41) is 10.2. The van der Waals surface area contributed by atoms with Crippen LogP contribution in [-0.2, 0) is 26.4 Å². The molecule has 1 aliphatic carbocycles. The van der Waals surface area contributed by atoms with Crippen LogP contribution in [0, 0.1) is 0 Å². The van der Waals surface area contributed by atoms with Gasteiger partial charge >= 0.3 is 0 Å². The molecule has 0 saturated carbocycles. The quantitative estimate of drug-likeness (QED) is 0.795. The summed E-state index contributed by atoms with van der Waals surface area (Å²) in [7, 11) is 1.94. The average molecular weight is 338 g/mol. The number of hydrogen-bond donors (Lipinski definition) is 1. The van der Waals surface area contributed by atoms with E-state index in [9.17, 15) is 4.79 Å². The van der Waals surface area contributed by atoms with Crippen molar-refractivity contribution in [1.29, 1.82) is 0 Å². The minimum Gasteiger partial charge on any atom is -0.345 e. The number of fused-ring (bicyclic) bond motifs is 1. The fourth-order valence-electron chi connectivity index (χ4n) is 3.15. The van der Waals surface area contributed by atoms with Crippen molar-refractivity contribution in [2.75, 3.05) is 0 Å². The lowest BCUT2D eigenvalue weighted by atomic mass is 10.2. The molecule has 2 aromatic heterocycles. The van der Waals surface area contributed by atoms with Crippen LogP contribution in [0.2, 0.25) is 0 Å². The normalized spacial score (nSPS) is 13.0. The van der Waals surface area contributed by atoms with Crippen LogP contribution in [-0.4, -0.2) is 20.7 Å². The second kappa shape index (κ2) is 6.20. The number of thiazole rings is 1. The summed E-state index contributed by atoms with van der Waals surface area (Å²) in [6.45, 7) is 0.496. The smallest absolute Gasteiger partial charge is 0.271 e. The minimum atomic E-state index is -0.138. The molecule has 0 aliphatic heterocycles. The maximum atomic E-state index is 12.4. The first-order chi connectivity index (χ1) is 11.7. The van der Waals surface area contributed by atoms with Crippen molar-refractivity contribution in [3.63, 3.8) is 0 Å². The summed E-state index contributed by atoms with van der Waals surface area (Å²) in [6.07, 6.45) is 3.26. The predicted molar refractivity (Wildman–Crippen MR) is 94.0 cm³/mol. The summed E-state index contributed by atoms with van der Waals surface area (Å²) in [5.74, 6) is -0.138. The van der Waals surface area contributed by atoms with Gasteiger partial charge in [-0.15, -0.1) is 11.3 Å². The summed E-state index contributed by atoms with van der Waals surface area (Å²) in [4.78, 5) is 16.9. The second-order valence-corrected chi connectivity index (χ2v) is 6.79. The Morgan fingerprint density at radius 1 is 1.29 bits per heavy atom. The van der Waals surface area contributed by atoms with Gasteiger partial charge in [-0.05, 0) is 24.8 Å². The van der Waals surface area contributed by atoms with Crippen LogP contribution >= 0.6 is 11.3 Å².